The largest absolute Gasteiger partial charge is 0.416 e. The van der Waals surface area contributed by atoms with Gasteiger partial charge in [-0.15, -0.1) is 0 Å². The average molecular weight is 469 g/mol. The lowest BCUT2D eigenvalue weighted by molar-refractivity contribution is -0.137. The zero-order chi connectivity index (χ0) is 23.3. The van der Waals surface area contributed by atoms with Gasteiger partial charge in [0, 0.05) is 30.6 Å². The minimum absolute atomic E-state index is 0.196. The van der Waals surface area contributed by atoms with Crippen LogP contribution in [-0.2, 0) is 13.2 Å². The minimum Gasteiger partial charge on any atom is -0.365 e. The highest BCUT2D eigenvalue weighted by Crippen LogP contribution is 2.50. The van der Waals surface area contributed by atoms with Crippen LogP contribution >= 0.6 is 10.6 Å². The van der Waals surface area contributed by atoms with Gasteiger partial charge in [0.15, 0.2) is 0 Å². The van der Waals surface area contributed by atoms with E-state index >= 15 is 0 Å². The molecule has 1 aliphatic rings. The van der Waals surface area contributed by atoms with E-state index in [1.807, 2.05) is 0 Å². The van der Waals surface area contributed by atoms with Crippen molar-refractivity contribution < 1.29 is 22.3 Å². The standard InChI is InChI=1S/C21H23F3N4O3S/c1-12-16(4-3-9-32(12,30)31)27-19-17-18(26-11-28(2)20(17)29)15(10-25-19)13-5-7-14(8-6-13)21(22,23)24/h5-8,10-12,16,30-31H,3-4,9H2,1-2H3,(H,25,27)/t12-,16+/m0/s1. The highest BCUT2D eigenvalue weighted by molar-refractivity contribution is 8.24. The predicted octanol–water partition coefficient (Wildman–Crippen LogP) is 4.73. The fourth-order valence-electron chi connectivity index (χ4n) is 3.94. The molecule has 2 atom stereocenters. The van der Waals surface area contributed by atoms with Crippen LogP contribution in [0.25, 0.3) is 22.0 Å². The fraction of sp³-hybridized carbons (Fsp3) is 0.381. The number of alkyl halides is 3. The Morgan fingerprint density at radius 2 is 1.88 bits per heavy atom. The summed E-state index contributed by atoms with van der Waals surface area (Å²) >= 11 is 0. The molecule has 1 saturated heterocycles. The van der Waals surface area contributed by atoms with E-state index in [2.05, 4.69) is 15.3 Å². The molecule has 3 aromatic rings. The van der Waals surface area contributed by atoms with E-state index in [0.29, 0.717) is 35.2 Å². The molecule has 0 radical (unpaired) electrons. The number of rotatable bonds is 3. The quantitative estimate of drug-likeness (QED) is 0.514. The lowest BCUT2D eigenvalue weighted by Gasteiger charge is -2.46. The van der Waals surface area contributed by atoms with Crippen LogP contribution in [0.3, 0.4) is 0 Å². The van der Waals surface area contributed by atoms with Crippen LogP contribution in [0, 0.1) is 0 Å². The topological polar surface area (TPSA) is 100 Å². The minimum atomic E-state index is -4.45. The molecular formula is C21H23F3N4O3S. The summed E-state index contributed by atoms with van der Waals surface area (Å²) in [5, 5.41) is 2.96. The zero-order valence-electron chi connectivity index (χ0n) is 17.4. The van der Waals surface area contributed by atoms with Crippen molar-refractivity contribution in [3.63, 3.8) is 0 Å². The Labute approximate surface area is 183 Å². The number of aryl methyl sites for hydroxylation is 1. The third-order valence-corrected chi connectivity index (χ3v) is 8.32. The average Bonchev–Trinajstić information content (AvgIpc) is 2.73. The molecule has 11 heteroatoms. The Balaban J connectivity index is 1.80. The molecule has 3 N–H and O–H groups in total. The Bertz CT molecular complexity index is 1210. The summed E-state index contributed by atoms with van der Waals surface area (Å²) in [5.41, 5.74) is 0.0428. The number of fused-ring (bicyclic) bond motifs is 1. The smallest absolute Gasteiger partial charge is 0.365 e. The number of aromatic nitrogens is 3. The summed E-state index contributed by atoms with van der Waals surface area (Å²) < 4.78 is 60.7. The molecule has 4 rings (SSSR count). The summed E-state index contributed by atoms with van der Waals surface area (Å²) in [4.78, 5) is 21.7. The molecule has 0 bridgehead atoms. The third-order valence-electron chi connectivity index (χ3n) is 5.91. The van der Waals surface area contributed by atoms with Crippen LogP contribution < -0.4 is 10.9 Å². The molecule has 0 spiro atoms. The van der Waals surface area contributed by atoms with Gasteiger partial charge in [-0.3, -0.25) is 13.9 Å². The van der Waals surface area contributed by atoms with Crippen LogP contribution in [0.15, 0.2) is 41.6 Å². The zero-order valence-corrected chi connectivity index (χ0v) is 18.2. The van der Waals surface area contributed by atoms with Crippen molar-refractivity contribution >= 4 is 27.3 Å². The van der Waals surface area contributed by atoms with Crippen LogP contribution in [0.1, 0.15) is 25.3 Å². The van der Waals surface area contributed by atoms with Crippen molar-refractivity contribution in [2.24, 2.45) is 7.05 Å². The van der Waals surface area contributed by atoms with Crippen molar-refractivity contribution in [2.75, 3.05) is 11.1 Å². The van der Waals surface area contributed by atoms with Gasteiger partial charge in [-0.25, -0.2) is 9.97 Å². The number of anilines is 1. The van der Waals surface area contributed by atoms with Gasteiger partial charge in [-0.1, -0.05) is 12.1 Å². The van der Waals surface area contributed by atoms with Gasteiger partial charge in [0.1, 0.15) is 11.2 Å². The molecule has 1 aliphatic heterocycles. The van der Waals surface area contributed by atoms with Gasteiger partial charge < -0.3 is 9.88 Å². The summed E-state index contributed by atoms with van der Waals surface area (Å²) in [6.07, 6.45) is -0.329. The lowest BCUT2D eigenvalue weighted by atomic mass is 10.0. The normalized spacial score (nSPS) is 22.0. The fourth-order valence-corrected chi connectivity index (χ4v) is 5.63. The van der Waals surface area contributed by atoms with E-state index in [-0.39, 0.29) is 22.8 Å². The maximum atomic E-state index is 13.0. The first-order valence-electron chi connectivity index (χ1n) is 10.0. The van der Waals surface area contributed by atoms with Crippen LogP contribution in [-0.4, -0.2) is 40.7 Å². The first-order valence-corrected chi connectivity index (χ1v) is 11.8. The molecule has 7 nitrogen and oxygen atoms in total. The lowest BCUT2D eigenvalue weighted by Crippen LogP contribution is -2.40. The maximum absolute atomic E-state index is 13.0. The van der Waals surface area contributed by atoms with E-state index in [4.69, 9.17) is 0 Å². The van der Waals surface area contributed by atoms with E-state index in [0.717, 1.165) is 12.1 Å². The second-order valence-corrected chi connectivity index (χ2v) is 10.6. The van der Waals surface area contributed by atoms with E-state index in [9.17, 15) is 27.1 Å². The van der Waals surface area contributed by atoms with Gasteiger partial charge in [-0.2, -0.15) is 23.8 Å². The van der Waals surface area contributed by atoms with Gasteiger partial charge in [0.05, 0.1) is 22.7 Å². The highest BCUT2D eigenvalue weighted by Gasteiger charge is 2.34. The Morgan fingerprint density at radius 1 is 1.19 bits per heavy atom. The van der Waals surface area contributed by atoms with E-state index in [1.165, 1.54) is 29.2 Å². The second-order valence-electron chi connectivity index (χ2n) is 8.00. The van der Waals surface area contributed by atoms with Crippen LogP contribution in [0.5, 0.6) is 0 Å². The summed E-state index contributed by atoms with van der Waals surface area (Å²) in [6, 6.07) is 4.30. The van der Waals surface area contributed by atoms with Crippen molar-refractivity contribution in [3.05, 3.63) is 52.7 Å². The number of nitrogens with zero attached hydrogens (tertiary/aromatic N) is 3. The molecule has 32 heavy (non-hydrogen) atoms. The molecule has 172 valence electrons. The van der Waals surface area contributed by atoms with Crippen molar-refractivity contribution in [1.29, 1.82) is 0 Å². The van der Waals surface area contributed by atoms with Crippen molar-refractivity contribution in [1.82, 2.24) is 14.5 Å². The van der Waals surface area contributed by atoms with Crippen molar-refractivity contribution in [3.8, 4) is 11.1 Å². The predicted molar refractivity (Wildman–Crippen MR) is 119 cm³/mol. The Hall–Kier alpha value is -2.63. The molecule has 2 aromatic heterocycles. The van der Waals surface area contributed by atoms with Crippen LogP contribution in [0.2, 0.25) is 0 Å². The number of nitrogens with one attached hydrogen (secondary N) is 1. The van der Waals surface area contributed by atoms with Gasteiger partial charge in [0.25, 0.3) is 5.56 Å². The number of hydrogen-bond donors (Lipinski definition) is 3. The monoisotopic (exact) mass is 468 g/mol. The molecule has 0 amide bonds. The summed E-state index contributed by atoms with van der Waals surface area (Å²) in [6.45, 7) is 1.75. The van der Waals surface area contributed by atoms with E-state index < -0.39 is 27.6 Å². The highest BCUT2D eigenvalue weighted by atomic mass is 32.3. The number of halogens is 3. The third kappa shape index (κ3) is 4.07. The number of benzene rings is 1. The summed E-state index contributed by atoms with van der Waals surface area (Å²) in [7, 11) is -1.21. The Kier molecular flexibility index (Phi) is 5.68. The molecule has 0 saturated carbocycles. The van der Waals surface area contributed by atoms with Gasteiger partial charge in [-0.05, 0) is 37.5 Å². The first-order chi connectivity index (χ1) is 15.0. The van der Waals surface area contributed by atoms with Crippen molar-refractivity contribution in [2.45, 2.75) is 37.2 Å². The number of pyridine rings is 1. The maximum Gasteiger partial charge on any atom is 0.416 e. The van der Waals surface area contributed by atoms with Gasteiger partial charge >= 0.3 is 6.18 Å². The molecule has 1 fully saturated rings. The second kappa shape index (κ2) is 8.05. The SMILES string of the molecule is C[C@H]1[C@H](Nc2ncc(-c3ccc(C(F)(F)F)cc3)c3ncn(C)c(=O)c23)CCCS1(O)O. The molecule has 1 aromatic carbocycles. The molecule has 3 heterocycles. The summed E-state index contributed by atoms with van der Waals surface area (Å²) in [5.74, 6) is 0.606. The number of hydrogen-bond acceptors (Lipinski definition) is 6. The Morgan fingerprint density at radius 3 is 2.53 bits per heavy atom. The molecular weight excluding hydrogens is 445 g/mol. The molecule has 0 unspecified atom stereocenters. The first kappa shape index (κ1) is 22.6. The van der Waals surface area contributed by atoms with Crippen LogP contribution in [0.4, 0.5) is 19.0 Å². The van der Waals surface area contributed by atoms with E-state index in [1.54, 1.807) is 14.0 Å². The molecule has 0 aliphatic carbocycles. The van der Waals surface area contributed by atoms with Gasteiger partial charge in [0.2, 0.25) is 0 Å².